The average molecular weight is 339 g/mol. The van der Waals surface area contributed by atoms with E-state index < -0.39 is 17.6 Å². The van der Waals surface area contributed by atoms with Gasteiger partial charge in [-0.15, -0.1) is 13.2 Å². The highest BCUT2D eigenvalue weighted by Crippen LogP contribution is 2.45. The van der Waals surface area contributed by atoms with Gasteiger partial charge in [0.05, 0.1) is 17.9 Å². The summed E-state index contributed by atoms with van der Waals surface area (Å²) in [5.41, 5.74) is -0.908. The quantitative estimate of drug-likeness (QED) is 0.930. The van der Waals surface area contributed by atoms with Crippen LogP contribution < -0.4 is 4.74 Å². The third kappa shape index (κ3) is 3.37. The molecule has 1 aliphatic rings. The molecule has 0 bridgehead atoms. The van der Waals surface area contributed by atoms with E-state index in [1.807, 2.05) is 0 Å². The molecule has 3 rings (SSSR count). The molecule has 24 heavy (non-hydrogen) atoms. The molecular formula is C17H16F3NO3. The maximum absolute atomic E-state index is 12.2. The number of hydrogen-bond donors (Lipinski definition) is 1. The van der Waals surface area contributed by atoms with Gasteiger partial charge >= 0.3 is 6.36 Å². The molecule has 2 heterocycles. The lowest BCUT2D eigenvalue weighted by Gasteiger charge is -2.26. The van der Waals surface area contributed by atoms with Gasteiger partial charge in [-0.25, -0.2) is 0 Å². The predicted octanol–water partition coefficient (Wildman–Crippen LogP) is 3.50. The summed E-state index contributed by atoms with van der Waals surface area (Å²) in [6.07, 6.45) is -2.89. The van der Waals surface area contributed by atoms with Crippen LogP contribution in [0, 0.1) is 0 Å². The Morgan fingerprint density at radius 2 is 1.88 bits per heavy atom. The van der Waals surface area contributed by atoms with E-state index in [1.54, 1.807) is 31.3 Å². The van der Waals surface area contributed by atoms with Gasteiger partial charge in [-0.3, -0.25) is 4.98 Å². The lowest BCUT2D eigenvalue weighted by atomic mass is 9.85. The molecule has 0 aliphatic carbocycles. The zero-order valence-electron chi connectivity index (χ0n) is 12.9. The van der Waals surface area contributed by atoms with Crippen LogP contribution in [0.5, 0.6) is 5.75 Å². The highest BCUT2D eigenvalue weighted by molar-refractivity contribution is 5.32. The zero-order valence-corrected chi connectivity index (χ0v) is 12.9. The Balaban J connectivity index is 1.80. The van der Waals surface area contributed by atoms with Gasteiger partial charge in [0.25, 0.3) is 0 Å². The van der Waals surface area contributed by atoms with Crippen LogP contribution in [-0.4, -0.2) is 23.1 Å². The minimum absolute atomic E-state index is 0.0569. The number of hydrogen-bond acceptors (Lipinski definition) is 4. The number of alkyl halides is 3. The van der Waals surface area contributed by atoms with Crippen LogP contribution >= 0.6 is 0 Å². The van der Waals surface area contributed by atoms with Crippen LogP contribution in [0.1, 0.15) is 24.6 Å². The Kier molecular flexibility index (Phi) is 4.01. The summed E-state index contributed by atoms with van der Waals surface area (Å²) in [5.74, 6) is -0.298. The minimum Gasteiger partial charge on any atom is -0.406 e. The van der Waals surface area contributed by atoms with Crippen LogP contribution in [0.4, 0.5) is 13.2 Å². The molecular weight excluding hydrogens is 323 g/mol. The molecule has 0 spiro atoms. The molecule has 1 fully saturated rings. The van der Waals surface area contributed by atoms with E-state index in [2.05, 4.69) is 9.72 Å². The maximum Gasteiger partial charge on any atom is 0.573 e. The van der Waals surface area contributed by atoms with Crippen molar-refractivity contribution in [3.8, 4) is 5.75 Å². The molecule has 1 N–H and O–H groups in total. The Hall–Kier alpha value is -2.12. The second kappa shape index (κ2) is 5.75. The van der Waals surface area contributed by atoms with E-state index in [1.165, 1.54) is 24.3 Å². The summed E-state index contributed by atoms with van der Waals surface area (Å²) >= 11 is 0. The number of halogens is 3. The molecule has 0 unspecified atom stereocenters. The molecule has 0 radical (unpaired) electrons. The fourth-order valence-electron chi connectivity index (χ4n) is 2.94. The molecule has 1 aliphatic heterocycles. The van der Waals surface area contributed by atoms with Gasteiger partial charge in [-0.1, -0.05) is 18.2 Å². The van der Waals surface area contributed by atoms with Crippen molar-refractivity contribution < 1.29 is 27.8 Å². The topological polar surface area (TPSA) is 51.6 Å². The minimum atomic E-state index is -4.73. The van der Waals surface area contributed by atoms with Gasteiger partial charge < -0.3 is 14.6 Å². The number of aliphatic hydroxyl groups is 1. The van der Waals surface area contributed by atoms with E-state index in [4.69, 9.17) is 4.74 Å². The normalized spacial score (nSPS) is 27.2. The second-order valence-corrected chi connectivity index (χ2v) is 6.02. The summed E-state index contributed by atoms with van der Waals surface area (Å²) < 4.78 is 46.3. The molecule has 1 saturated heterocycles. The first-order valence-electron chi connectivity index (χ1n) is 7.34. The van der Waals surface area contributed by atoms with Crippen molar-refractivity contribution in [1.29, 1.82) is 0 Å². The summed E-state index contributed by atoms with van der Waals surface area (Å²) in [4.78, 5) is 4.17. The lowest BCUT2D eigenvalue weighted by Crippen LogP contribution is -2.29. The number of pyridine rings is 1. The predicted molar refractivity (Wildman–Crippen MR) is 79.2 cm³/mol. The SMILES string of the molecule is C[C@@]1(c2ccc(OC(F)(F)F)cc2)C[C@](O)(c2ccccn2)CO1. The zero-order chi connectivity index (χ0) is 17.4. The Morgan fingerprint density at radius 1 is 1.17 bits per heavy atom. The van der Waals surface area contributed by atoms with Gasteiger partial charge in [-0.2, -0.15) is 0 Å². The molecule has 7 heteroatoms. The molecule has 1 aromatic carbocycles. The number of ether oxygens (including phenoxy) is 2. The van der Waals surface area contributed by atoms with Crippen molar-refractivity contribution in [2.24, 2.45) is 0 Å². The van der Waals surface area contributed by atoms with E-state index in [-0.39, 0.29) is 18.8 Å². The molecule has 2 atom stereocenters. The fraction of sp³-hybridized carbons (Fsp3) is 0.353. The Labute approximate surface area is 136 Å². The molecule has 4 nitrogen and oxygen atoms in total. The van der Waals surface area contributed by atoms with Crippen LogP contribution in [0.15, 0.2) is 48.7 Å². The summed E-state index contributed by atoms with van der Waals surface area (Å²) in [6, 6.07) is 10.7. The molecule has 128 valence electrons. The van der Waals surface area contributed by atoms with Crippen LogP contribution in [0.25, 0.3) is 0 Å². The van der Waals surface area contributed by atoms with Crippen LogP contribution in [-0.2, 0) is 15.9 Å². The first-order chi connectivity index (χ1) is 11.2. The lowest BCUT2D eigenvalue weighted by molar-refractivity contribution is -0.274. The molecule has 0 saturated carbocycles. The van der Waals surface area contributed by atoms with Gasteiger partial charge in [0, 0.05) is 12.6 Å². The van der Waals surface area contributed by atoms with Crippen molar-refractivity contribution in [2.75, 3.05) is 6.61 Å². The van der Waals surface area contributed by atoms with Crippen molar-refractivity contribution in [3.63, 3.8) is 0 Å². The maximum atomic E-state index is 12.2. The fourth-order valence-corrected chi connectivity index (χ4v) is 2.94. The summed E-state index contributed by atoms with van der Waals surface area (Å²) in [5, 5.41) is 10.8. The molecule has 0 amide bonds. The molecule has 2 aromatic rings. The summed E-state index contributed by atoms with van der Waals surface area (Å²) in [6.45, 7) is 1.84. The van der Waals surface area contributed by atoms with Crippen molar-refractivity contribution in [2.45, 2.75) is 30.9 Å². The van der Waals surface area contributed by atoms with Gasteiger partial charge in [-0.05, 0) is 36.8 Å². The first-order valence-corrected chi connectivity index (χ1v) is 7.34. The van der Waals surface area contributed by atoms with Gasteiger partial charge in [0.15, 0.2) is 0 Å². The highest BCUT2D eigenvalue weighted by atomic mass is 19.4. The third-order valence-corrected chi connectivity index (χ3v) is 4.10. The van der Waals surface area contributed by atoms with E-state index in [0.29, 0.717) is 11.3 Å². The van der Waals surface area contributed by atoms with E-state index in [0.717, 1.165) is 0 Å². The van der Waals surface area contributed by atoms with Gasteiger partial charge in [0.1, 0.15) is 11.4 Å². The average Bonchev–Trinajstić information content (AvgIpc) is 2.85. The Morgan fingerprint density at radius 3 is 2.46 bits per heavy atom. The summed E-state index contributed by atoms with van der Waals surface area (Å²) in [7, 11) is 0. The van der Waals surface area contributed by atoms with Gasteiger partial charge in [0.2, 0.25) is 0 Å². The highest BCUT2D eigenvalue weighted by Gasteiger charge is 2.48. The third-order valence-electron chi connectivity index (χ3n) is 4.10. The first kappa shape index (κ1) is 16.7. The number of aromatic nitrogens is 1. The van der Waals surface area contributed by atoms with Crippen LogP contribution in [0.3, 0.4) is 0 Å². The Bertz CT molecular complexity index is 705. The number of nitrogens with zero attached hydrogens (tertiary/aromatic N) is 1. The second-order valence-electron chi connectivity index (χ2n) is 6.02. The molecule has 1 aromatic heterocycles. The smallest absolute Gasteiger partial charge is 0.406 e. The van der Waals surface area contributed by atoms with E-state index >= 15 is 0 Å². The number of rotatable bonds is 3. The monoisotopic (exact) mass is 339 g/mol. The largest absolute Gasteiger partial charge is 0.573 e. The van der Waals surface area contributed by atoms with Crippen molar-refractivity contribution in [3.05, 3.63) is 59.9 Å². The van der Waals surface area contributed by atoms with Crippen molar-refractivity contribution in [1.82, 2.24) is 4.98 Å². The van der Waals surface area contributed by atoms with Crippen LogP contribution in [0.2, 0.25) is 0 Å². The van der Waals surface area contributed by atoms with Crippen molar-refractivity contribution >= 4 is 0 Å². The van der Waals surface area contributed by atoms with E-state index in [9.17, 15) is 18.3 Å². The number of benzene rings is 1. The standard InChI is InChI=1S/C17H16F3NO3/c1-15(12-5-7-13(8-6-12)24-17(18,19)20)10-16(22,11-23-15)14-4-2-3-9-21-14/h2-9,22H,10-11H2,1H3/t15-,16+/m0/s1.